The second-order valence-corrected chi connectivity index (χ2v) is 4.69. The van der Waals surface area contributed by atoms with E-state index in [1.165, 1.54) is 19.5 Å². The van der Waals surface area contributed by atoms with Gasteiger partial charge < -0.3 is 4.74 Å². The van der Waals surface area contributed by atoms with Gasteiger partial charge in [-0.05, 0) is 6.92 Å². The molecule has 1 aromatic rings. The zero-order valence-electron chi connectivity index (χ0n) is 8.80. The lowest BCUT2D eigenvalue weighted by molar-refractivity contribution is 0.204. The Kier molecular flexibility index (Phi) is 4.25. The lowest BCUT2D eigenvalue weighted by Gasteiger charge is -2.02. The molecular weight excluding hydrogens is 218 g/mol. The molecule has 0 aliphatic rings. The molecule has 0 fully saturated rings. The molecule has 1 aromatic heterocycles. The first-order chi connectivity index (χ1) is 7.10. The monoisotopic (exact) mass is 233 g/mol. The van der Waals surface area contributed by atoms with Crippen LogP contribution in [0.3, 0.4) is 0 Å². The van der Waals surface area contributed by atoms with Crippen LogP contribution in [0.25, 0.3) is 0 Å². The number of hydrogen-bond donors (Lipinski definition) is 1. The van der Waals surface area contributed by atoms with Gasteiger partial charge in [-0.3, -0.25) is 4.68 Å². The van der Waals surface area contributed by atoms with Crippen LogP contribution in [0, 0.1) is 0 Å². The minimum Gasteiger partial charge on any atom is -0.383 e. The molecule has 0 saturated carbocycles. The molecule has 0 saturated heterocycles. The van der Waals surface area contributed by atoms with Crippen molar-refractivity contribution >= 4 is 10.0 Å². The van der Waals surface area contributed by atoms with E-state index >= 15 is 0 Å². The van der Waals surface area contributed by atoms with Crippen LogP contribution in [0.1, 0.15) is 6.92 Å². The molecule has 0 aliphatic carbocycles. The van der Waals surface area contributed by atoms with Crippen LogP contribution in [0.4, 0.5) is 0 Å². The molecule has 0 aliphatic heterocycles. The van der Waals surface area contributed by atoms with Crippen LogP contribution >= 0.6 is 0 Å². The van der Waals surface area contributed by atoms with E-state index in [9.17, 15) is 8.42 Å². The molecule has 1 rings (SSSR count). The molecule has 0 atom stereocenters. The van der Waals surface area contributed by atoms with Gasteiger partial charge in [0, 0.05) is 26.4 Å². The minimum atomic E-state index is -3.44. The van der Waals surface area contributed by atoms with Gasteiger partial charge in [-0.2, -0.15) is 5.10 Å². The second-order valence-electron chi connectivity index (χ2n) is 2.92. The fourth-order valence-electron chi connectivity index (χ4n) is 1.02. The number of aromatic nitrogens is 2. The van der Waals surface area contributed by atoms with Crippen molar-refractivity contribution in [3.05, 3.63) is 12.4 Å². The van der Waals surface area contributed by atoms with Gasteiger partial charge in [-0.1, -0.05) is 0 Å². The predicted octanol–water partition coefficient (Wildman–Crippen LogP) is -0.172. The van der Waals surface area contributed by atoms with E-state index in [4.69, 9.17) is 4.74 Å². The minimum absolute atomic E-state index is 0.181. The lowest BCUT2D eigenvalue weighted by Crippen LogP contribution is -2.26. The highest BCUT2D eigenvalue weighted by atomic mass is 32.2. The quantitative estimate of drug-likeness (QED) is 0.692. The third-order valence-electron chi connectivity index (χ3n) is 1.84. The number of aryl methyl sites for hydroxylation is 1. The zero-order valence-corrected chi connectivity index (χ0v) is 9.62. The molecule has 0 bridgehead atoms. The topological polar surface area (TPSA) is 73.2 Å². The number of ether oxygens (including phenoxy) is 1. The molecule has 15 heavy (non-hydrogen) atoms. The fraction of sp³-hybridized carbons (Fsp3) is 0.625. The summed E-state index contributed by atoms with van der Waals surface area (Å²) in [6.45, 7) is 3.15. The highest BCUT2D eigenvalue weighted by Gasteiger charge is 2.15. The molecule has 7 heteroatoms. The Bertz CT molecular complexity index is 399. The molecular formula is C8H15N3O3S. The molecule has 86 valence electrons. The van der Waals surface area contributed by atoms with Crippen molar-refractivity contribution in [3.63, 3.8) is 0 Å². The first-order valence-corrected chi connectivity index (χ1v) is 6.09. The summed E-state index contributed by atoms with van der Waals surface area (Å²) in [4.78, 5) is 0.181. The second kappa shape index (κ2) is 5.24. The number of rotatable bonds is 6. The maximum atomic E-state index is 11.6. The van der Waals surface area contributed by atoms with Crippen LogP contribution < -0.4 is 4.72 Å². The number of hydrogen-bond acceptors (Lipinski definition) is 4. The van der Waals surface area contributed by atoms with Gasteiger partial charge in [-0.25, -0.2) is 13.1 Å². The Morgan fingerprint density at radius 2 is 2.33 bits per heavy atom. The van der Waals surface area contributed by atoms with Gasteiger partial charge in [0.25, 0.3) is 0 Å². The summed E-state index contributed by atoms with van der Waals surface area (Å²) in [5.41, 5.74) is 0. The molecule has 0 radical (unpaired) electrons. The summed E-state index contributed by atoms with van der Waals surface area (Å²) in [6, 6.07) is 0. The smallest absolute Gasteiger partial charge is 0.243 e. The average molecular weight is 233 g/mol. The summed E-state index contributed by atoms with van der Waals surface area (Å²) in [6.07, 6.45) is 2.83. The van der Waals surface area contributed by atoms with E-state index in [1.54, 1.807) is 4.68 Å². The fourth-order valence-corrected chi connectivity index (χ4v) is 1.98. The Balaban J connectivity index is 2.68. The van der Waals surface area contributed by atoms with E-state index in [2.05, 4.69) is 9.82 Å². The van der Waals surface area contributed by atoms with Crippen LogP contribution in [-0.2, 0) is 21.3 Å². The van der Waals surface area contributed by atoms with Crippen LogP contribution in [0.15, 0.2) is 17.3 Å². The van der Waals surface area contributed by atoms with Crippen molar-refractivity contribution in [3.8, 4) is 0 Å². The third kappa shape index (κ3) is 3.29. The first-order valence-electron chi connectivity index (χ1n) is 4.61. The standard InChI is InChI=1S/C8H15N3O3S/c1-3-11-7-8(6-9-11)15(12,13)10-4-5-14-2/h6-7,10H,3-5H2,1-2H3. The van der Waals surface area contributed by atoms with Crippen molar-refractivity contribution < 1.29 is 13.2 Å². The third-order valence-corrected chi connectivity index (χ3v) is 3.26. The molecule has 1 heterocycles. The highest BCUT2D eigenvalue weighted by Crippen LogP contribution is 2.05. The van der Waals surface area contributed by atoms with Crippen molar-refractivity contribution in [2.24, 2.45) is 0 Å². The van der Waals surface area contributed by atoms with E-state index in [-0.39, 0.29) is 11.4 Å². The Hall–Kier alpha value is -0.920. The van der Waals surface area contributed by atoms with Crippen LogP contribution in [0.5, 0.6) is 0 Å². The van der Waals surface area contributed by atoms with Crippen molar-refractivity contribution in [2.45, 2.75) is 18.4 Å². The summed E-state index contributed by atoms with van der Waals surface area (Å²) in [7, 11) is -1.92. The van der Waals surface area contributed by atoms with E-state index in [0.717, 1.165) is 0 Å². The van der Waals surface area contributed by atoms with Gasteiger partial charge >= 0.3 is 0 Å². The highest BCUT2D eigenvalue weighted by molar-refractivity contribution is 7.89. The first kappa shape index (κ1) is 12.2. The largest absolute Gasteiger partial charge is 0.383 e. The lowest BCUT2D eigenvalue weighted by atomic mass is 10.7. The van der Waals surface area contributed by atoms with Gasteiger partial charge in [-0.15, -0.1) is 0 Å². The van der Waals surface area contributed by atoms with Gasteiger partial charge in [0.1, 0.15) is 4.90 Å². The van der Waals surface area contributed by atoms with E-state index in [0.29, 0.717) is 13.2 Å². The summed E-state index contributed by atoms with van der Waals surface area (Å²) < 4.78 is 32.0. The molecule has 0 unspecified atom stereocenters. The number of sulfonamides is 1. The van der Waals surface area contributed by atoms with Crippen LogP contribution in [-0.4, -0.2) is 38.5 Å². The normalized spacial score (nSPS) is 11.9. The number of methoxy groups -OCH3 is 1. The molecule has 6 nitrogen and oxygen atoms in total. The number of nitrogens with one attached hydrogen (secondary N) is 1. The van der Waals surface area contributed by atoms with Crippen LogP contribution in [0.2, 0.25) is 0 Å². The van der Waals surface area contributed by atoms with E-state index < -0.39 is 10.0 Å². The predicted molar refractivity (Wildman–Crippen MR) is 55.0 cm³/mol. The Morgan fingerprint density at radius 3 is 2.87 bits per heavy atom. The molecule has 1 N–H and O–H groups in total. The molecule has 0 aromatic carbocycles. The van der Waals surface area contributed by atoms with Gasteiger partial charge in [0.05, 0.1) is 12.8 Å². The van der Waals surface area contributed by atoms with Gasteiger partial charge in [0.15, 0.2) is 0 Å². The Labute approximate surface area is 89.3 Å². The zero-order chi connectivity index (χ0) is 11.3. The van der Waals surface area contributed by atoms with Crippen molar-refractivity contribution in [2.75, 3.05) is 20.3 Å². The number of nitrogens with zero attached hydrogens (tertiary/aromatic N) is 2. The maximum Gasteiger partial charge on any atom is 0.243 e. The summed E-state index contributed by atoms with van der Waals surface area (Å²) >= 11 is 0. The SMILES string of the molecule is CCn1cc(S(=O)(=O)NCCOC)cn1. The van der Waals surface area contributed by atoms with E-state index in [1.807, 2.05) is 6.92 Å². The molecule has 0 spiro atoms. The van der Waals surface area contributed by atoms with Crippen molar-refractivity contribution in [1.82, 2.24) is 14.5 Å². The maximum absolute atomic E-state index is 11.6. The average Bonchev–Trinajstić information content (AvgIpc) is 2.66. The summed E-state index contributed by atoms with van der Waals surface area (Å²) in [5, 5.41) is 3.90. The van der Waals surface area contributed by atoms with Crippen molar-refractivity contribution in [1.29, 1.82) is 0 Å². The Morgan fingerprint density at radius 1 is 1.60 bits per heavy atom. The summed E-state index contributed by atoms with van der Waals surface area (Å²) in [5.74, 6) is 0. The van der Waals surface area contributed by atoms with Gasteiger partial charge in [0.2, 0.25) is 10.0 Å². The molecule has 0 amide bonds.